The van der Waals surface area contributed by atoms with Gasteiger partial charge in [-0.15, -0.1) is 0 Å². The fourth-order valence-electron chi connectivity index (χ4n) is 2.72. The van der Waals surface area contributed by atoms with Gasteiger partial charge in [0.25, 0.3) is 5.69 Å². The molecule has 9 heteroatoms. The molecule has 2 aromatic rings. The molecule has 1 unspecified atom stereocenters. The number of carbonyl (C=O) groups is 2. The third-order valence-electron chi connectivity index (χ3n) is 3.91. The number of rotatable bonds is 4. The first-order valence-corrected chi connectivity index (χ1v) is 7.80. The lowest BCUT2D eigenvalue weighted by atomic mass is 10.2. The summed E-state index contributed by atoms with van der Waals surface area (Å²) in [5.74, 6) is -0.580. The summed E-state index contributed by atoms with van der Waals surface area (Å²) < 4.78 is 13.0. The van der Waals surface area contributed by atoms with Crippen molar-refractivity contribution in [2.75, 3.05) is 16.8 Å². The highest BCUT2D eigenvalue weighted by molar-refractivity contribution is 5.97. The molecular weight excluding hydrogens is 343 g/mol. The predicted molar refractivity (Wildman–Crippen MR) is 92.4 cm³/mol. The number of benzene rings is 2. The van der Waals surface area contributed by atoms with E-state index < -0.39 is 22.8 Å². The molecule has 3 amide bonds. The molecule has 1 saturated heterocycles. The summed E-state index contributed by atoms with van der Waals surface area (Å²) >= 11 is 0. The Morgan fingerprint density at radius 1 is 1.23 bits per heavy atom. The Kier molecular flexibility index (Phi) is 4.78. The van der Waals surface area contributed by atoms with Gasteiger partial charge in [0, 0.05) is 36.5 Å². The summed E-state index contributed by atoms with van der Waals surface area (Å²) in [6.45, 7) is 0.257. The van der Waals surface area contributed by atoms with Crippen LogP contribution in [-0.2, 0) is 4.79 Å². The summed E-state index contributed by atoms with van der Waals surface area (Å²) in [5.41, 5.74) is 0.692. The molecule has 1 heterocycles. The Morgan fingerprint density at radius 3 is 2.65 bits per heavy atom. The molecule has 1 aliphatic rings. The molecule has 1 atom stereocenters. The van der Waals surface area contributed by atoms with Gasteiger partial charge in [0.1, 0.15) is 5.82 Å². The number of amides is 3. The van der Waals surface area contributed by atoms with Crippen molar-refractivity contribution >= 4 is 29.0 Å². The van der Waals surface area contributed by atoms with Crippen molar-refractivity contribution in [2.24, 2.45) is 0 Å². The SMILES string of the molecule is O=C(Nc1cccc([N+](=O)[O-])c1)NC1CC(=O)N(c2ccc(F)cc2)C1. The number of hydrogen-bond donors (Lipinski definition) is 2. The highest BCUT2D eigenvalue weighted by Crippen LogP contribution is 2.22. The van der Waals surface area contributed by atoms with Crippen molar-refractivity contribution in [2.45, 2.75) is 12.5 Å². The van der Waals surface area contributed by atoms with Crippen molar-refractivity contribution in [3.8, 4) is 0 Å². The van der Waals surface area contributed by atoms with E-state index in [2.05, 4.69) is 10.6 Å². The van der Waals surface area contributed by atoms with E-state index in [1.165, 1.54) is 53.4 Å². The molecule has 26 heavy (non-hydrogen) atoms. The number of hydrogen-bond acceptors (Lipinski definition) is 4. The summed E-state index contributed by atoms with van der Waals surface area (Å²) in [7, 11) is 0. The van der Waals surface area contributed by atoms with E-state index in [0.29, 0.717) is 5.69 Å². The maximum absolute atomic E-state index is 13.0. The first kappa shape index (κ1) is 17.3. The van der Waals surface area contributed by atoms with Crippen LogP contribution in [0.15, 0.2) is 48.5 Å². The lowest BCUT2D eigenvalue weighted by Gasteiger charge is -2.17. The van der Waals surface area contributed by atoms with Gasteiger partial charge in [-0.05, 0) is 30.3 Å². The number of nitrogens with one attached hydrogen (secondary N) is 2. The second kappa shape index (κ2) is 7.18. The normalized spacial score (nSPS) is 16.4. The zero-order valence-electron chi connectivity index (χ0n) is 13.5. The van der Waals surface area contributed by atoms with E-state index in [1.54, 1.807) is 0 Å². The average Bonchev–Trinajstić information content (AvgIpc) is 2.95. The summed E-state index contributed by atoms with van der Waals surface area (Å²) in [5, 5.41) is 15.9. The lowest BCUT2D eigenvalue weighted by molar-refractivity contribution is -0.384. The van der Waals surface area contributed by atoms with Crippen molar-refractivity contribution in [1.29, 1.82) is 0 Å². The van der Waals surface area contributed by atoms with Crippen LogP contribution in [0, 0.1) is 15.9 Å². The van der Waals surface area contributed by atoms with Crippen LogP contribution in [0.5, 0.6) is 0 Å². The smallest absolute Gasteiger partial charge is 0.319 e. The fraction of sp³-hybridized carbons (Fsp3) is 0.176. The molecule has 8 nitrogen and oxygen atoms in total. The van der Waals surface area contributed by atoms with Gasteiger partial charge >= 0.3 is 6.03 Å². The van der Waals surface area contributed by atoms with Gasteiger partial charge in [0.2, 0.25) is 5.91 Å². The number of halogens is 1. The van der Waals surface area contributed by atoms with Crippen LogP contribution >= 0.6 is 0 Å². The average molecular weight is 358 g/mol. The minimum absolute atomic E-state index is 0.111. The summed E-state index contributed by atoms with van der Waals surface area (Å²) in [4.78, 5) is 35.9. The Bertz CT molecular complexity index is 856. The van der Waals surface area contributed by atoms with Crippen LogP contribution in [-0.4, -0.2) is 29.4 Å². The molecular formula is C17H15FN4O4. The van der Waals surface area contributed by atoms with E-state index >= 15 is 0 Å². The van der Waals surface area contributed by atoms with E-state index in [-0.39, 0.29) is 30.2 Å². The minimum atomic E-state index is -0.566. The van der Waals surface area contributed by atoms with Crippen LogP contribution < -0.4 is 15.5 Å². The number of anilines is 2. The largest absolute Gasteiger partial charge is 0.333 e. The van der Waals surface area contributed by atoms with Gasteiger partial charge in [0.05, 0.1) is 11.0 Å². The maximum Gasteiger partial charge on any atom is 0.319 e. The fourth-order valence-corrected chi connectivity index (χ4v) is 2.72. The number of carbonyl (C=O) groups excluding carboxylic acids is 2. The number of nitro benzene ring substituents is 1. The van der Waals surface area contributed by atoms with Crippen LogP contribution in [0.4, 0.5) is 26.2 Å². The second-order valence-corrected chi connectivity index (χ2v) is 5.79. The van der Waals surface area contributed by atoms with Crippen LogP contribution in [0.25, 0.3) is 0 Å². The first-order chi connectivity index (χ1) is 12.4. The number of urea groups is 1. The van der Waals surface area contributed by atoms with Crippen molar-refractivity contribution < 1.29 is 18.9 Å². The van der Waals surface area contributed by atoms with Crippen molar-refractivity contribution in [3.05, 3.63) is 64.5 Å². The highest BCUT2D eigenvalue weighted by Gasteiger charge is 2.31. The Hall–Kier alpha value is -3.49. The van der Waals surface area contributed by atoms with Gasteiger partial charge in [-0.3, -0.25) is 14.9 Å². The topological polar surface area (TPSA) is 105 Å². The summed E-state index contributed by atoms with van der Waals surface area (Å²) in [6, 6.07) is 10.1. The molecule has 0 aromatic heterocycles. The maximum atomic E-state index is 13.0. The first-order valence-electron chi connectivity index (χ1n) is 7.80. The second-order valence-electron chi connectivity index (χ2n) is 5.79. The van der Waals surface area contributed by atoms with E-state index in [9.17, 15) is 24.1 Å². The Labute approximate surface area is 147 Å². The third-order valence-corrected chi connectivity index (χ3v) is 3.91. The monoisotopic (exact) mass is 358 g/mol. The van der Waals surface area contributed by atoms with Crippen molar-refractivity contribution in [1.82, 2.24) is 5.32 Å². The zero-order valence-corrected chi connectivity index (χ0v) is 13.5. The van der Waals surface area contributed by atoms with E-state index in [1.807, 2.05) is 0 Å². The molecule has 2 aromatic carbocycles. The summed E-state index contributed by atoms with van der Waals surface area (Å²) in [6.07, 6.45) is 0.111. The van der Waals surface area contributed by atoms with Gasteiger partial charge in [-0.1, -0.05) is 6.07 Å². The third kappa shape index (κ3) is 3.94. The number of non-ortho nitro benzene ring substituents is 1. The molecule has 0 spiro atoms. The molecule has 0 aliphatic carbocycles. The quantitative estimate of drug-likeness (QED) is 0.647. The number of nitro groups is 1. The van der Waals surface area contributed by atoms with E-state index in [0.717, 1.165) is 0 Å². The molecule has 134 valence electrons. The Balaban J connectivity index is 1.60. The van der Waals surface area contributed by atoms with E-state index in [4.69, 9.17) is 0 Å². The molecule has 3 rings (SSSR count). The van der Waals surface area contributed by atoms with Crippen molar-refractivity contribution in [3.63, 3.8) is 0 Å². The molecule has 0 saturated carbocycles. The Morgan fingerprint density at radius 2 is 1.96 bits per heavy atom. The van der Waals surface area contributed by atoms with Gasteiger partial charge in [0.15, 0.2) is 0 Å². The predicted octanol–water partition coefficient (Wildman–Crippen LogP) is 2.66. The standard InChI is InChI=1S/C17H15FN4O4/c18-11-4-6-14(7-5-11)21-10-13(9-16(21)23)20-17(24)19-12-2-1-3-15(8-12)22(25)26/h1-8,13H,9-10H2,(H2,19,20,24). The highest BCUT2D eigenvalue weighted by atomic mass is 19.1. The lowest BCUT2D eigenvalue weighted by Crippen LogP contribution is -2.39. The van der Waals surface area contributed by atoms with Crippen LogP contribution in [0.2, 0.25) is 0 Å². The van der Waals surface area contributed by atoms with Gasteiger partial charge in [-0.25, -0.2) is 9.18 Å². The molecule has 2 N–H and O–H groups in total. The van der Waals surface area contributed by atoms with Gasteiger partial charge < -0.3 is 15.5 Å². The van der Waals surface area contributed by atoms with Crippen LogP contribution in [0.1, 0.15) is 6.42 Å². The molecule has 1 fully saturated rings. The van der Waals surface area contributed by atoms with Crippen LogP contribution in [0.3, 0.4) is 0 Å². The van der Waals surface area contributed by atoms with Gasteiger partial charge in [-0.2, -0.15) is 0 Å². The molecule has 0 radical (unpaired) electrons. The minimum Gasteiger partial charge on any atom is -0.333 e. The molecule has 0 bridgehead atoms. The molecule has 1 aliphatic heterocycles. The zero-order chi connectivity index (χ0) is 18.7. The number of nitrogens with zero attached hydrogens (tertiary/aromatic N) is 2.